The predicted octanol–water partition coefficient (Wildman–Crippen LogP) is 3.18. The Morgan fingerprint density at radius 1 is 1.64 bits per heavy atom. The molecule has 0 saturated heterocycles. The van der Waals surface area contributed by atoms with Crippen molar-refractivity contribution in [3.05, 3.63) is 27.4 Å². The third-order valence-corrected chi connectivity index (χ3v) is 2.34. The molecule has 1 rings (SSSR count). The molecule has 0 aliphatic rings. The number of thiophene rings is 1. The summed E-state index contributed by atoms with van der Waals surface area (Å²) in [5.74, 6) is 0. The Kier molecular flexibility index (Phi) is 3.12. The van der Waals surface area contributed by atoms with Crippen molar-refractivity contribution < 1.29 is 4.79 Å². The molecular weight excluding hydrogens is 203 g/mol. The molecule has 0 amide bonds. The zero-order valence-corrected chi connectivity index (χ0v) is 7.71. The highest BCUT2D eigenvalue weighted by atomic mass is 35.5. The molecule has 58 valence electrons. The van der Waals surface area contributed by atoms with Crippen LogP contribution in [0.2, 0.25) is 5.02 Å². The van der Waals surface area contributed by atoms with Crippen LogP contribution < -0.4 is 0 Å². The smallest absolute Gasteiger partial charge is 0.245 e. The van der Waals surface area contributed by atoms with Crippen LogP contribution in [0.4, 0.5) is 0 Å². The van der Waals surface area contributed by atoms with Crippen molar-refractivity contribution in [3.8, 4) is 0 Å². The van der Waals surface area contributed by atoms with Crippen LogP contribution in [0.3, 0.4) is 0 Å². The number of hydrogen-bond acceptors (Lipinski definition) is 2. The van der Waals surface area contributed by atoms with Crippen molar-refractivity contribution in [3.63, 3.8) is 0 Å². The fraction of sp³-hybridized carbons (Fsp3) is 0. The van der Waals surface area contributed by atoms with Crippen molar-refractivity contribution in [1.82, 2.24) is 0 Å². The monoisotopic (exact) mass is 206 g/mol. The van der Waals surface area contributed by atoms with E-state index in [9.17, 15) is 4.79 Å². The van der Waals surface area contributed by atoms with Gasteiger partial charge in [-0.15, -0.1) is 11.3 Å². The maximum absolute atomic E-state index is 10.3. The Bertz CT molecular complexity index is 290. The summed E-state index contributed by atoms with van der Waals surface area (Å²) in [5, 5.41) is 1.99. The molecule has 0 aliphatic heterocycles. The minimum atomic E-state index is -0.477. The van der Waals surface area contributed by atoms with Gasteiger partial charge in [0.05, 0.1) is 5.02 Å². The van der Waals surface area contributed by atoms with E-state index in [0.29, 0.717) is 5.02 Å². The molecule has 11 heavy (non-hydrogen) atoms. The number of halogens is 2. The van der Waals surface area contributed by atoms with E-state index in [1.54, 1.807) is 17.5 Å². The second-order valence-corrected chi connectivity index (χ2v) is 3.56. The quantitative estimate of drug-likeness (QED) is 0.537. The minimum absolute atomic E-state index is 0.477. The lowest BCUT2D eigenvalue weighted by atomic mass is 10.4. The second kappa shape index (κ2) is 3.90. The van der Waals surface area contributed by atoms with Crippen LogP contribution in [0.1, 0.15) is 4.88 Å². The van der Waals surface area contributed by atoms with Gasteiger partial charge in [-0.25, -0.2) is 0 Å². The molecule has 1 nitrogen and oxygen atoms in total. The first-order valence-electron chi connectivity index (χ1n) is 2.80. The van der Waals surface area contributed by atoms with E-state index in [2.05, 4.69) is 0 Å². The summed E-state index contributed by atoms with van der Waals surface area (Å²) in [6, 6.07) is 1.77. The maximum atomic E-state index is 10.3. The van der Waals surface area contributed by atoms with Gasteiger partial charge in [0.2, 0.25) is 5.24 Å². The van der Waals surface area contributed by atoms with Gasteiger partial charge in [-0.1, -0.05) is 11.6 Å². The van der Waals surface area contributed by atoms with E-state index in [-0.39, 0.29) is 0 Å². The lowest BCUT2D eigenvalue weighted by Crippen LogP contribution is -1.72. The summed E-state index contributed by atoms with van der Waals surface area (Å²) in [6.07, 6.45) is 2.93. The first-order valence-corrected chi connectivity index (χ1v) is 4.43. The highest BCUT2D eigenvalue weighted by molar-refractivity contribution is 7.11. The van der Waals surface area contributed by atoms with Crippen molar-refractivity contribution >= 4 is 45.9 Å². The van der Waals surface area contributed by atoms with E-state index in [0.717, 1.165) is 4.88 Å². The molecule has 0 N–H and O–H groups in total. The lowest BCUT2D eigenvalue weighted by molar-refractivity contribution is -0.107. The van der Waals surface area contributed by atoms with Crippen molar-refractivity contribution in [2.24, 2.45) is 0 Å². The van der Waals surface area contributed by atoms with Gasteiger partial charge in [0.15, 0.2) is 0 Å². The Morgan fingerprint density at radius 3 is 2.82 bits per heavy atom. The molecule has 1 aromatic rings. The van der Waals surface area contributed by atoms with Crippen molar-refractivity contribution in [1.29, 1.82) is 0 Å². The summed E-state index contributed by atoms with van der Waals surface area (Å²) in [6.45, 7) is 0. The van der Waals surface area contributed by atoms with Gasteiger partial charge in [-0.05, 0) is 29.8 Å². The van der Waals surface area contributed by atoms with Gasteiger partial charge in [0, 0.05) is 10.3 Å². The zero-order valence-electron chi connectivity index (χ0n) is 5.38. The van der Waals surface area contributed by atoms with Crippen LogP contribution >= 0.6 is 34.5 Å². The maximum Gasteiger partial charge on any atom is 0.245 e. The minimum Gasteiger partial charge on any atom is -0.276 e. The molecule has 0 atom stereocenters. The summed E-state index contributed by atoms with van der Waals surface area (Å²) in [4.78, 5) is 11.2. The zero-order chi connectivity index (χ0) is 8.27. The molecule has 1 heterocycles. The van der Waals surface area contributed by atoms with Gasteiger partial charge in [0.1, 0.15) is 0 Å². The predicted molar refractivity (Wildman–Crippen MR) is 49.2 cm³/mol. The molecule has 0 spiro atoms. The Hall–Kier alpha value is -0.310. The molecule has 0 saturated carbocycles. The van der Waals surface area contributed by atoms with E-state index in [4.69, 9.17) is 23.2 Å². The molecule has 0 aromatic carbocycles. The van der Waals surface area contributed by atoms with Crippen molar-refractivity contribution in [2.45, 2.75) is 0 Å². The van der Waals surface area contributed by atoms with Gasteiger partial charge < -0.3 is 0 Å². The number of carbonyl (C=O) groups excluding carboxylic acids is 1. The van der Waals surface area contributed by atoms with Crippen LogP contribution in [0, 0.1) is 0 Å². The first-order chi connectivity index (χ1) is 5.18. The standard InChI is InChI=1S/C7H4Cl2OS/c8-5-3-6(11-4-5)1-2-7(9)10/h1-4H/b2-1+. The van der Waals surface area contributed by atoms with E-state index < -0.39 is 5.24 Å². The largest absolute Gasteiger partial charge is 0.276 e. The molecule has 4 heteroatoms. The SMILES string of the molecule is O=C(Cl)/C=C/c1cc(Cl)cs1. The van der Waals surface area contributed by atoms with Crippen LogP contribution in [0.25, 0.3) is 6.08 Å². The van der Waals surface area contributed by atoms with Gasteiger partial charge in [-0.2, -0.15) is 0 Å². The molecular formula is C7H4Cl2OS. The third kappa shape index (κ3) is 3.06. The Morgan fingerprint density at radius 2 is 2.36 bits per heavy atom. The van der Waals surface area contributed by atoms with E-state index in [1.165, 1.54) is 17.4 Å². The lowest BCUT2D eigenvalue weighted by Gasteiger charge is -1.78. The fourth-order valence-corrected chi connectivity index (χ4v) is 1.60. The number of allylic oxidation sites excluding steroid dienone is 1. The summed E-state index contributed by atoms with van der Waals surface area (Å²) < 4.78 is 0. The number of hydrogen-bond donors (Lipinski definition) is 0. The highest BCUT2D eigenvalue weighted by Gasteiger charge is 1.93. The number of rotatable bonds is 2. The normalized spacial score (nSPS) is 10.7. The highest BCUT2D eigenvalue weighted by Crippen LogP contribution is 2.20. The Labute approximate surface area is 78.2 Å². The molecule has 0 bridgehead atoms. The van der Waals surface area contributed by atoms with Gasteiger partial charge >= 0.3 is 0 Å². The average Bonchev–Trinajstić information content (AvgIpc) is 2.31. The van der Waals surface area contributed by atoms with Crippen molar-refractivity contribution in [2.75, 3.05) is 0 Å². The summed E-state index contributed by atoms with van der Waals surface area (Å²) in [7, 11) is 0. The summed E-state index contributed by atoms with van der Waals surface area (Å²) >= 11 is 12.2. The summed E-state index contributed by atoms with van der Waals surface area (Å²) in [5.41, 5.74) is 0. The third-order valence-electron chi connectivity index (χ3n) is 0.966. The molecule has 0 unspecified atom stereocenters. The van der Waals surface area contributed by atoms with Gasteiger partial charge in [0.25, 0.3) is 0 Å². The topological polar surface area (TPSA) is 17.1 Å². The van der Waals surface area contributed by atoms with E-state index in [1.807, 2.05) is 0 Å². The number of carbonyl (C=O) groups is 1. The molecule has 0 aliphatic carbocycles. The van der Waals surface area contributed by atoms with Crippen LogP contribution in [-0.4, -0.2) is 5.24 Å². The van der Waals surface area contributed by atoms with Crippen LogP contribution in [0.5, 0.6) is 0 Å². The van der Waals surface area contributed by atoms with E-state index >= 15 is 0 Å². The second-order valence-electron chi connectivity index (χ2n) is 1.80. The van der Waals surface area contributed by atoms with Crippen LogP contribution in [-0.2, 0) is 4.79 Å². The fourth-order valence-electron chi connectivity index (χ4n) is 0.563. The molecule has 1 aromatic heterocycles. The first kappa shape index (κ1) is 8.78. The molecule has 0 radical (unpaired) electrons. The Balaban J connectivity index is 2.71. The average molecular weight is 207 g/mol. The molecule has 0 fully saturated rings. The van der Waals surface area contributed by atoms with Crippen LogP contribution in [0.15, 0.2) is 17.5 Å². The van der Waals surface area contributed by atoms with Gasteiger partial charge in [-0.3, -0.25) is 4.79 Å².